The molecule has 6 N–H and O–H groups in total. The smallest absolute Gasteiger partial charge is 0.335 e. The Balaban J connectivity index is 1.72. The molecule has 0 atom stereocenters. The highest BCUT2D eigenvalue weighted by molar-refractivity contribution is 5.90. The van der Waals surface area contributed by atoms with Crippen LogP contribution in [0.15, 0.2) is 60.7 Å². The normalized spacial score (nSPS) is 10.3. The van der Waals surface area contributed by atoms with E-state index in [-0.39, 0.29) is 22.5 Å². The Hall–Kier alpha value is -4.20. The zero-order valence-corrected chi connectivity index (χ0v) is 14.5. The lowest BCUT2D eigenvalue weighted by Gasteiger charge is -2.11. The summed E-state index contributed by atoms with van der Waals surface area (Å²) < 4.78 is 11.3. The van der Waals surface area contributed by atoms with Crippen molar-refractivity contribution in [3.8, 4) is 23.0 Å². The molecule has 0 unspecified atom stereocenters. The summed E-state index contributed by atoms with van der Waals surface area (Å²) in [6, 6.07) is 15.0. The van der Waals surface area contributed by atoms with Crippen molar-refractivity contribution in [2.24, 2.45) is 0 Å². The van der Waals surface area contributed by atoms with Gasteiger partial charge in [0.1, 0.15) is 23.0 Å². The zero-order chi connectivity index (χ0) is 20.3. The molecule has 3 aromatic carbocycles. The first-order valence-corrected chi connectivity index (χ1v) is 8.05. The summed E-state index contributed by atoms with van der Waals surface area (Å²) in [7, 11) is 0. The second-order valence-corrected chi connectivity index (χ2v) is 5.79. The number of carboxylic acids is 2. The van der Waals surface area contributed by atoms with Crippen LogP contribution in [-0.2, 0) is 0 Å². The van der Waals surface area contributed by atoms with Gasteiger partial charge >= 0.3 is 11.9 Å². The second-order valence-electron chi connectivity index (χ2n) is 5.79. The Morgan fingerprint density at radius 1 is 0.643 bits per heavy atom. The lowest BCUT2D eigenvalue weighted by Crippen LogP contribution is -2.00. The third-order valence-corrected chi connectivity index (χ3v) is 3.79. The van der Waals surface area contributed by atoms with E-state index in [0.29, 0.717) is 23.0 Å². The van der Waals surface area contributed by atoms with Crippen molar-refractivity contribution in [2.45, 2.75) is 0 Å². The molecule has 0 saturated carbocycles. The van der Waals surface area contributed by atoms with E-state index in [4.69, 9.17) is 31.2 Å². The highest BCUT2D eigenvalue weighted by Gasteiger charge is 2.10. The number of rotatable bonds is 6. The van der Waals surface area contributed by atoms with Gasteiger partial charge in [-0.2, -0.15) is 0 Å². The Morgan fingerprint density at radius 2 is 1.00 bits per heavy atom. The quantitative estimate of drug-likeness (QED) is 0.472. The SMILES string of the molecule is Nc1cc(C(=O)O)ccc1Oc1ccc(Oc2ccc(C(=O)O)cc2N)cc1. The summed E-state index contributed by atoms with van der Waals surface area (Å²) in [4.78, 5) is 21.9. The van der Waals surface area contributed by atoms with Crippen LogP contribution in [0.5, 0.6) is 23.0 Å². The van der Waals surface area contributed by atoms with E-state index in [0.717, 1.165) is 0 Å². The van der Waals surface area contributed by atoms with Crippen molar-refractivity contribution in [1.29, 1.82) is 0 Å². The number of hydrogen-bond donors (Lipinski definition) is 4. The van der Waals surface area contributed by atoms with E-state index in [1.807, 2.05) is 0 Å². The first-order chi connectivity index (χ1) is 13.3. The van der Waals surface area contributed by atoms with Crippen molar-refractivity contribution < 1.29 is 29.3 Å². The van der Waals surface area contributed by atoms with Crippen LogP contribution >= 0.6 is 0 Å². The van der Waals surface area contributed by atoms with Crippen molar-refractivity contribution in [1.82, 2.24) is 0 Å². The maximum atomic E-state index is 10.9. The fourth-order valence-electron chi connectivity index (χ4n) is 2.38. The number of benzene rings is 3. The summed E-state index contributed by atoms with van der Waals surface area (Å²) in [5.41, 5.74) is 12.2. The van der Waals surface area contributed by atoms with E-state index in [9.17, 15) is 9.59 Å². The number of ether oxygens (including phenoxy) is 2. The number of aromatic carboxylic acids is 2. The summed E-state index contributed by atoms with van der Waals surface area (Å²) in [6.07, 6.45) is 0. The molecular formula is C20H16N2O6. The van der Waals surface area contributed by atoms with Gasteiger partial charge in [0.25, 0.3) is 0 Å². The second kappa shape index (κ2) is 7.58. The number of nitrogens with two attached hydrogens (primary N) is 2. The minimum Gasteiger partial charge on any atom is -0.478 e. The molecule has 0 amide bonds. The first kappa shape index (κ1) is 18.6. The molecular weight excluding hydrogens is 364 g/mol. The van der Waals surface area contributed by atoms with Crippen LogP contribution in [0.2, 0.25) is 0 Å². The van der Waals surface area contributed by atoms with Gasteiger partial charge in [-0.05, 0) is 60.7 Å². The first-order valence-electron chi connectivity index (χ1n) is 8.05. The molecule has 0 heterocycles. The molecule has 0 fully saturated rings. The highest BCUT2D eigenvalue weighted by Crippen LogP contribution is 2.32. The molecule has 0 aliphatic carbocycles. The molecule has 0 radical (unpaired) electrons. The predicted octanol–water partition coefficient (Wildman–Crippen LogP) is 3.83. The third-order valence-electron chi connectivity index (χ3n) is 3.79. The molecule has 28 heavy (non-hydrogen) atoms. The van der Waals surface area contributed by atoms with Gasteiger partial charge in [-0.3, -0.25) is 0 Å². The molecule has 0 aliphatic rings. The van der Waals surface area contributed by atoms with Crippen molar-refractivity contribution in [2.75, 3.05) is 11.5 Å². The maximum Gasteiger partial charge on any atom is 0.335 e. The standard InChI is InChI=1S/C20H16N2O6/c21-15-9-11(19(23)24)1-7-17(15)27-13-3-5-14(6-4-13)28-18-8-2-12(20(25)26)10-16(18)22/h1-10H,21-22H2,(H,23,24)(H,25,26). The Bertz CT molecular complexity index is 963. The van der Waals surface area contributed by atoms with E-state index in [1.54, 1.807) is 24.3 Å². The van der Waals surface area contributed by atoms with Crippen LogP contribution in [0.4, 0.5) is 11.4 Å². The largest absolute Gasteiger partial charge is 0.478 e. The number of nitrogen functional groups attached to an aromatic ring is 2. The minimum atomic E-state index is -1.07. The zero-order valence-electron chi connectivity index (χ0n) is 14.5. The van der Waals surface area contributed by atoms with Gasteiger partial charge in [-0.1, -0.05) is 0 Å². The summed E-state index contributed by atoms with van der Waals surface area (Å²) in [5.74, 6) is -0.558. The van der Waals surface area contributed by atoms with Crippen LogP contribution in [0.3, 0.4) is 0 Å². The molecule has 0 aliphatic heterocycles. The summed E-state index contributed by atoms with van der Waals surface area (Å²) in [5, 5.41) is 17.9. The minimum absolute atomic E-state index is 0.0695. The Morgan fingerprint density at radius 3 is 1.29 bits per heavy atom. The van der Waals surface area contributed by atoms with Crippen LogP contribution in [0.1, 0.15) is 20.7 Å². The Labute approximate surface area is 159 Å². The van der Waals surface area contributed by atoms with Crippen molar-refractivity contribution in [3.05, 3.63) is 71.8 Å². The van der Waals surface area contributed by atoms with Crippen LogP contribution < -0.4 is 20.9 Å². The molecule has 3 rings (SSSR count). The molecule has 0 spiro atoms. The molecule has 0 aromatic heterocycles. The molecule has 3 aromatic rings. The third kappa shape index (κ3) is 4.13. The number of hydrogen-bond acceptors (Lipinski definition) is 6. The average Bonchev–Trinajstić information content (AvgIpc) is 2.66. The average molecular weight is 380 g/mol. The van der Waals surface area contributed by atoms with Crippen LogP contribution in [0.25, 0.3) is 0 Å². The fourth-order valence-corrected chi connectivity index (χ4v) is 2.38. The van der Waals surface area contributed by atoms with Gasteiger partial charge in [0.05, 0.1) is 22.5 Å². The van der Waals surface area contributed by atoms with Gasteiger partial charge in [0.15, 0.2) is 0 Å². The summed E-state index contributed by atoms with van der Waals surface area (Å²) >= 11 is 0. The molecule has 8 nitrogen and oxygen atoms in total. The number of carboxylic acid groups (broad SMARTS) is 2. The number of anilines is 2. The Kier molecular flexibility index (Phi) is 5.03. The van der Waals surface area contributed by atoms with Crippen LogP contribution in [0, 0.1) is 0 Å². The van der Waals surface area contributed by atoms with Crippen molar-refractivity contribution in [3.63, 3.8) is 0 Å². The van der Waals surface area contributed by atoms with E-state index in [1.165, 1.54) is 36.4 Å². The van der Waals surface area contributed by atoms with Gasteiger partial charge in [0.2, 0.25) is 0 Å². The molecule has 0 bridgehead atoms. The maximum absolute atomic E-state index is 10.9. The van der Waals surface area contributed by atoms with Gasteiger partial charge in [0, 0.05) is 0 Å². The predicted molar refractivity (Wildman–Crippen MR) is 102 cm³/mol. The number of carbonyl (C=O) groups is 2. The lowest BCUT2D eigenvalue weighted by molar-refractivity contribution is 0.0686. The van der Waals surface area contributed by atoms with E-state index < -0.39 is 11.9 Å². The van der Waals surface area contributed by atoms with Crippen molar-refractivity contribution >= 4 is 23.3 Å². The molecule has 142 valence electrons. The monoisotopic (exact) mass is 380 g/mol. The molecule has 0 saturated heterocycles. The van der Waals surface area contributed by atoms with E-state index in [2.05, 4.69) is 0 Å². The van der Waals surface area contributed by atoms with Crippen LogP contribution in [-0.4, -0.2) is 22.2 Å². The molecule has 8 heteroatoms. The summed E-state index contributed by atoms with van der Waals surface area (Å²) in [6.45, 7) is 0. The fraction of sp³-hybridized carbons (Fsp3) is 0. The highest BCUT2D eigenvalue weighted by atomic mass is 16.5. The van der Waals surface area contributed by atoms with Gasteiger partial charge in [-0.25, -0.2) is 9.59 Å². The van der Waals surface area contributed by atoms with Gasteiger partial charge < -0.3 is 31.2 Å². The van der Waals surface area contributed by atoms with Gasteiger partial charge in [-0.15, -0.1) is 0 Å². The lowest BCUT2D eigenvalue weighted by atomic mass is 10.2. The van der Waals surface area contributed by atoms with E-state index >= 15 is 0 Å². The topological polar surface area (TPSA) is 145 Å².